The fourth-order valence-corrected chi connectivity index (χ4v) is 1.86. The lowest BCUT2D eigenvalue weighted by Crippen LogP contribution is -2.13. The molecular formula is C14H17N3O2. The van der Waals surface area contributed by atoms with Gasteiger partial charge in [-0.2, -0.15) is 5.10 Å². The third-order valence-electron chi connectivity index (χ3n) is 2.85. The number of carbonyl (C=O) groups is 1. The van der Waals surface area contributed by atoms with Crippen LogP contribution in [0.2, 0.25) is 0 Å². The molecule has 19 heavy (non-hydrogen) atoms. The van der Waals surface area contributed by atoms with Gasteiger partial charge >= 0.3 is 5.97 Å². The summed E-state index contributed by atoms with van der Waals surface area (Å²) in [6.45, 7) is 0.373. The first-order chi connectivity index (χ1) is 9.18. The van der Waals surface area contributed by atoms with Gasteiger partial charge in [-0.15, -0.1) is 0 Å². The lowest BCUT2D eigenvalue weighted by molar-refractivity contribution is 0.0489. The van der Waals surface area contributed by atoms with Gasteiger partial charge in [0.25, 0.3) is 0 Å². The number of carbonyl (C=O) groups excluding carboxylic acids is 1. The van der Waals surface area contributed by atoms with Crippen LogP contribution in [0.3, 0.4) is 0 Å². The summed E-state index contributed by atoms with van der Waals surface area (Å²) in [6.07, 6.45) is 3.11. The minimum Gasteiger partial charge on any atom is -0.461 e. The molecule has 5 nitrogen and oxygen atoms in total. The molecule has 1 aromatic heterocycles. The number of aryl methyl sites for hydroxylation is 2. The summed E-state index contributed by atoms with van der Waals surface area (Å²) in [6, 6.07) is 10.1. The molecule has 0 unspecified atom stereocenters. The molecule has 0 bridgehead atoms. The third kappa shape index (κ3) is 3.34. The zero-order valence-corrected chi connectivity index (χ0v) is 10.9. The molecule has 0 atom stereocenters. The fraction of sp³-hybridized carbons (Fsp3) is 0.286. The van der Waals surface area contributed by atoms with Crippen molar-refractivity contribution in [2.45, 2.75) is 12.8 Å². The van der Waals surface area contributed by atoms with Gasteiger partial charge in [-0.25, -0.2) is 4.79 Å². The molecule has 2 aromatic rings. The van der Waals surface area contributed by atoms with Crippen molar-refractivity contribution in [2.24, 2.45) is 7.05 Å². The van der Waals surface area contributed by atoms with Gasteiger partial charge in [0.05, 0.1) is 18.5 Å². The molecule has 0 saturated heterocycles. The van der Waals surface area contributed by atoms with Gasteiger partial charge in [-0.3, -0.25) is 4.68 Å². The number of aromatic nitrogens is 2. The van der Waals surface area contributed by atoms with E-state index in [1.807, 2.05) is 18.2 Å². The van der Waals surface area contributed by atoms with Gasteiger partial charge < -0.3 is 10.5 Å². The Morgan fingerprint density at radius 2 is 2.11 bits per heavy atom. The van der Waals surface area contributed by atoms with Crippen molar-refractivity contribution in [3.63, 3.8) is 0 Å². The van der Waals surface area contributed by atoms with E-state index in [0.29, 0.717) is 18.0 Å². The summed E-state index contributed by atoms with van der Waals surface area (Å²) < 4.78 is 6.62. The maximum Gasteiger partial charge on any atom is 0.358 e. The number of rotatable bonds is 5. The molecule has 0 aliphatic rings. The number of esters is 1. The summed E-state index contributed by atoms with van der Waals surface area (Å²) in [7, 11) is 1.66. The quantitative estimate of drug-likeness (QED) is 0.656. The summed E-state index contributed by atoms with van der Waals surface area (Å²) >= 11 is 0. The SMILES string of the molecule is Cn1ncc(N)c1C(=O)OCCCc1ccccc1. The van der Waals surface area contributed by atoms with E-state index < -0.39 is 5.97 Å². The molecule has 2 rings (SSSR count). The largest absolute Gasteiger partial charge is 0.461 e. The highest BCUT2D eigenvalue weighted by atomic mass is 16.5. The van der Waals surface area contributed by atoms with Crippen LogP contribution in [0.4, 0.5) is 5.69 Å². The first kappa shape index (κ1) is 13.1. The van der Waals surface area contributed by atoms with Crippen LogP contribution in [-0.4, -0.2) is 22.4 Å². The number of hydrogen-bond donors (Lipinski definition) is 1. The van der Waals surface area contributed by atoms with Gasteiger partial charge in [0, 0.05) is 7.05 Å². The topological polar surface area (TPSA) is 70.1 Å². The molecule has 0 radical (unpaired) electrons. The minimum absolute atomic E-state index is 0.305. The Labute approximate surface area is 112 Å². The van der Waals surface area contributed by atoms with Gasteiger partial charge in [0.2, 0.25) is 0 Å². The number of benzene rings is 1. The van der Waals surface area contributed by atoms with Crippen LogP contribution in [0, 0.1) is 0 Å². The van der Waals surface area contributed by atoms with Crippen LogP contribution in [-0.2, 0) is 18.2 Å². The van der Waals surface area contributed by atoms with Crippen molar-refractivity contribution in [3.05, 3.63) is 47.8 Å². The second kappa shape index (κ2) is 6.04. The van der Waals surface area contributed by atoms with E-state index in [1.54, 1.807) is 7.05 Å². The molecule has 0 fully saturated rings. The monoisotopic (exact) mass is 259 g/mol. The average molecular weight is 259 g/mol. The van der Waals surface area contributed by atoms with Crippen LogP contribution in [0.5, 0.6) is 0 Å². The highest BCUT2D eigenvalue weighted by molar-refractivity contribution is 5.92. The molecule has 2 N–H and O–H groups in total. The van der Waals surface area contributed by atoms with E-state index >= 15 is 0 Å². The second-order valence-electron chi connectivity index (χ2n) is 4.30. The van der Waals surface area contributed by atoms with Gasteiger partial charge in [-0.1, -0.05) is 30.3 Å². The zero-order chi connectivity index (χ0) is 13.7. The van der Waals surface area contributed by atoms with Gasteiger partial charge in [-0.05, 0) is 18.4 Å². The summed E-state index contributed by atoms with van der Waals surface area (Å²) in [5, 5.41) is 3.90. The van der Waals surface area contributed by atoms with Crippen molar-refractivity contribution < 1.29 is 9.53 Å². The molecule has 100 valence electrons. The maximum absolute atomic E-state index is 11.8. The normalized spacial score (nSPS) is 10.4. The van der Waals surface area contributed by atoms with Crippen LogP contribution in [0.1, 0.15) is 22.5 Å². The molecule has 0 saturated carbocycles. The van der Waals surface area contributed by atoms with E-state index in [0.717, 1.165) is 12.8 Å². The first-order valence-corrected chi connectivity index (χ1v) is 6.17. The predicted molar refractivity (Wildman–Crippen MR) is 72.7 cm³/mol. The molecule has 1 aromatic carbocycles. The van der Waals surface area contributed by atoms with Crippen LogP contribution in [0.15, 0.2) is 36.5 Å². The zero-order valence-electron chi connectivity index (χ0n) is 10.9. The molecule has 5 heteroatoms. The third-order valence-corrected chi connectivity index (χ3v) is 2.85. The van der Waals surface area contributed by atoms with Crippen molar-refractivity contribution in [2.75, 3.05) is 12.3 Å². The van der Waals surface area contributed by atoms with E-state index in [-0.39, 0.29) is 0 Å². The maximum atomic E-state index is 11.8. The Morgan fingerprint density at radius 1 is 1.37 bits per heavy atom. The molecule has 0 aliphatic heterocycles. The van der Waals surface area contributed by atoms with Crippen molar-refractivity contribution in [1.82, 2.24) is 9.78 Å². The van der Waals surface area contributed by atoms with E-state index in [2.05, 4.69) is 17.2 Å². The number of nitrogens with two attached hydrogens (primary N) is 1. The van der Waals surface area contributed by atoms with Crippen LogP contribution < -0.4 is 5.73 Å². The molecular weight excluding hydrogens is 242 g/mol. The first-order valence-electron chi connectivity index (χ1n) is 6.17. The predicted octanol–water partition coefficient (Wildman–Crippen LogP) is 1.79. The standard InChI is InChI=1S/C14H17N3O2/c1-17-13(12(15)10-16-17)14(18)19-9-5-8-11-6-3-2-4-7-11/h2-4,6-7,10H,5,8-9,15H2,1H3. The Balaban J connectivity index is 1.79. The lowest BCUT2D eigenvalue weighted by atomic mass is 10.1. The Morgan fingerprint density at radius 3 is 2.74 bits per heavy atom. The lowest BCUT2D eigenvalue weighted by Gasteiger charge is -2.06. The molecule has 1 heterocycles. The summed E-state index contributed by atoms with van der Waals surface area (Å²) in [5.74, 6) is -0.425. The summed E-state index contributed by atoms with van der Waals surface area (Å²) in [4.78, 5) is 11.8. The van der Waals surface area contributed by atoms with Crippen molar-refractivity contribution >= 4 is 11.7 Å². The minimum atomic E-state index is -0.425. The number of hydrogen-bond acceptors (Lipinski definition) is 4. The molecule has 0 amide bonds. The molecule has 0 aliphatic carbocycles. The highest BCUT2D eigenvalue weighted by Crippen LogP contribution is 2.11. The molecule has 0 spiro atoms. The Bertz CT molecular complexity index is 530. The average Bonchev–Trinajstić information content (AvgIpc) is 2.75. The summed E-state index contributed by atoms with van der Waals surface area (Å²) in [5.41, 5.74) is 7.54. The van der Waals surface area contributed by atoms with Gasteiger partial charge in [0.15, 0.2) is 5.69 Å². The van der Waals surface area contributed by atoms with Crippen LogP contribution in [0.25, 0.3) is 0 Å². The van der Waals surface area contributed by atoms with E-state index in [1.165, 1.54) is 16.4 Å². The fourth-order valence-electron chi connectivity index (χ4n) is 1.86. The number of nitrogens with zero attached hydrogens (tertiary/aromatic N) is 2. The van der Waals surface area contributed by atoms with E-state index in [4.69, 9.17) is 10.5 Å². The Kier molecular flexibility index (Phi) is 4.18. The highest BCUT2D eigenvalue weighted by Gasteiger charge is 2.15. The van der Waals surface area contributed by atoms with Crippen molar-refractivity contribution in [1.29, 1.82) is 0 Å². The second-order valence-corrected chi connectivity index (χ2v) is 4.30. The number of anilines is 1. The smallest absolute Gasteiger partial charge is 0.358 e. The van der Waals surface area contributed by atoms with Crippen molar-refractivity contribution in [3.8, 4) is 0 Å². The van der Waals surface area contributed by atoms with E-state index in [9.17, 15) is 4.79 Å². The number of nitrogen functional groups attached to an aromatic ring is 1. The number of ether oxygens (including phenoxy) is 1. The van der Waals surface area contributed by atoms with Gasteiger partial charge in [0.1, 0.15) is 0 Å². The Hall–Kier alpha value is -2.30. The van der Waals surface area contributed by atoms with Crippen LogP contribution >= 0.6 is 0 Å².